The average Bonchev–Trinajstić information content (AvgIpc) is 0.919. The normalized spacial score (nSPS) is 14.2. The quantitative estimate of drug-likeness (QED) is 0.0222. The number of unbranched alkanes of at least 4 members (excludes halogenated alkanes) is 47. The SMILES string of the molecule is CCCCCCCCCCCCCCCCCCCCC(=O)O[C@H](COC(=O)CCCCCCCCCCCCCCCC(C)C)COP(=O)(O)OC[C@@H](O)COP(=O)(O)OC[C@@H](COC(=O)CCCCCCCCCCC(C)CC)OC(=O)CCCCCCCCCCCCCCC(C)C. The molecule has 0 amide bonds. The number of phosphoric ester groups is 2. The van der Waals surface area contributed by atoms with Crippen molar-refractivity contribution in [2.75, 3.05) is 39.6 Å². The number of hydrogen-bond acceptors (Lipinski definition) is 15. The number of hydrogen-bond donors (Lipinski definition) is 3. The van der Waals surface area contributed by atoms with E-state index >= 15 is 0 Å². The van der Waals surface area contributed by atoms with E-state index in [4.69, 9.17) is 37.0 Å². The maximum Gasteiger partial charge on any atom is 0.472 e. The van der Waals surface area contributed by atoms with Crippen molar-refractivity contribution in [2.45, 2.75) is 446 Å². The van der Waals surface area contributed by atoms with E-state index in [1.807, 2.05) is 0 Å². The predicted molar refractivity (Wildman–Crippen MR) is 414 cm³/mol. The summed E-state index contributed by atoms with van der Waals surface area (Å²) in [6.45, 7) is 12.0. The van der Waals surface area contributed by atoms with Crippen LogP contribution in [0.5, 0.6) is 0 Å². The third-order valence-electron chi connectivity index (χ3n) is 19.5. The Bertz CT molecular complexity index is 1960. The zero-order valence-electron chi connectivity index (χ0n) is 66.4. The molecular weight excluding hydrogens is 1320 g/mol. The maximum absolute atomic E-state index is 13.1. The number of aliphatic hydroxyl groups excluding tert-OH is 1. The molecule has 3 unspecified atom stereocenters. The lowest BCUT2D eigenvalue weighted by atomic mass is 9.99. The first-order valence-corrected chi connectivity index (χ1v) is 45.4. The van der Waals surface area contributed by atoms with Gasteiger partial charge in [-0.3, -0.25) is 37.3 Å². The Morgan fingerprint density at radius 2 is 0.505 bits per heavy atom. The fourth-order valence-electron chi connectivity index (χ4n) is 12.6. The molecule has 0 saturated carbocycles. The summed E-state index contributed by atoms with van der Waals surface area (Å²) in [5.74, 6) is 0.237. The lowest BCUT2D eigenvalue weighted by molar-refractivity contribution is -0.161. The first-order chi connectivity index (χ1) is 48.8. The standard InChI is InChI=1S/C82H160O17P2/c1-8-10-11-12-13-14-15-16-17-18-19-20-23-30-35-44-51-58-65-81(86)98-77(69-92-79(84)63-56-49-42-34-29-24-21-22-27-32-39-46-53-60-73(3)4)71-96-100(88,89)94-67-76(83)68-95-101(90,91)97-72-78(70-93-80(85)64-57-50-43-38-37-41-48-55-62-75(7)9-2)99-82(87)66-59-52-45-36-31-26-25-28-33-40-47-54-61-74(5)6/h73-78,83H,8-72H2,1-7H3,(H,88,89)(H,90,91)/t75?,76-,77-,78-/m1/s1. The summed E-state index contributed by atoms with van der Waals surface area (Å²) in [4.78, 5) is 73.1. The minimum atomic E-state index is -4.96. The number of rotatable bonds is 80. The summed E-state index contributed by atoms with van der Waals surface area (Å²) in [5.41, 5.74) is 0. The van der Waals surface area contributed by atoms with Gasteiger partial charge in [-0.2, -0.15) is 0 Å². The first-order valence-electron chi connectivity index (χ1n) is 42.4. The summed E-state index contributed by atoms with van der Waals surface area (Å²) >= 11 is 0. The van der Waals surface area contributed by atoms with Crippen LogP contribution < -0.4 is 0 Å². The molecule has 101 heavy (non-hydrogen) atoms. The van der Waals surface area contributed by atoms with E-state index in [0.29, 0.717) is 25.7 Å². The molecule has 19 heteroatoms. The summed E-state index contributed by atoms with van der Waals surface area (Å²) in [5, 5.41) is 10.7. The molecule has 0 aliphatic rings. The van der Waals surface area contributed by atoms with Crippen molar-refractivity contribution in [3.63, 3.8) is 0 Å². The Morgan fingerprint density at radius 3 is 0.752 bits per heavy atom. The van der Waals surface area contributed by atoms with E-state index in [-0.39, 0.29) is 25.7 Å². The molecule has 0 spiro atoms. The van der Waals surface area contributed by atoms with Gasteiger partial charge in [0.15, 0.2) is 12.2 Å². The molecular formula is C82H160O17P2. The number of esters is 4. The maximum atomic E-state index is 13.1. The van der Waals surface area contributed by atoms with Gasteiger partial charge < -0.3 is 33.8 Å². The number of carbonyl (C=O) groups excluding carboxylic acids is 4. The van der Waals surface area contributed by atoms with Crippen molar-refractivity contribution < 1.29 is 80.2 Å². The summed E-state index contributed by atoms with van der Waals surface area (Å²) in [6.07, 6.45) is 60.9. The van der Waals surface area contributed by atoms with Crippen LogP contribution in [0, 0.1) is 17.8 Å². The molecule has 0 bridgehead atoms. The summed E-state index contributed by atoms with van der Waals surface area (Å²) < 4.78 is 68.8. The van der Waals surface area contributed by atoms with Gasteiger partial charge in [-0.05, 0) is 43.4 Å². The molecule has 0 saturated heterocycles. The summed E-state index contributed by atoms with van der Waals surface area (Å²) in [6, 6.07) is 0. The Hall–Kier alpha value is -1.94. The van der Waals surface area contributed by atoms with Crippen molar-refractivity contribution in [3.8, 4) is 0 Å². The van der Waals surface area contributed by atoms with Gasteiger partial charge in [0.1, 0.15) is 19.3 Å². The molecule has 3 N–H and O–H groups in total. The van der Waals surface area contributed by atoms with Gasteiger partial charge in [0.25, 0.3) is 0 Å². The van der Waals surface area contributed by atoms with Crippen LogP contribution in [0.3, 0.4) is 0 Å². The molecule has 0 aromatic rings. The molecule has 0 aromatic carbocycles. The van der Waals surface area contributed by atoms with Crippen LogP contribution >= 0.6 is 15.6 Å². The molecule has 17 nitrogen and oxygen atoms in total. The zero-order chi connectivity index (χ0) is 74.4. The topological polar surface area (TPSA) is 237 Å². The molecule has 0 radical (unpaired) electrons. The van der Waals surface area contributed by atoms with Crippen LogP contribution in [0.15, 0.2) is 0 Å². The van der Waals surface area contributed by atoms with Gasteiger partial charge in [0.05, 0.1) is 26.4 Å². The second kappa shape index (κ2) is 72.3. The molecule has 0 fully saturated rings. The smallest absolute Gasteiger partial charge is 0.462 e. The van der Waals surface area contributed by atoms with E-state index in [2.05, 4.69) is 48.5 Å². The minimum absolute atomic E-state index is 0.106. The lowest BCUT2D eigenvalue weighted by Crippen LogP contribution is -2.30. The Morgan fingerprint density at radius 1 is 0.287 bits per heavy atom. The fraction of sp³-hybridized carbons (Fsp3) is 0.951. The molecule has 0 aromatic heterocycles. The van der Waals surface area contributed by atoms with E-state index in [1.165, 1.54) is 238 Å². The van der Waals surface area contributed by atoms with E-state index < -0.39 is 97.5 Å². The monoisotopic (exact) mass is 1480 g/mol. The van der Waals surface area contributed by atoms with Crippen LogP contribution in [0.4, 0.5) is 0 Å². The van der Waals surface area contributed by atoms with Crippen LogP contribution in [-0.2, 0) is 65.4 Å². The highest BCUT2D eigenvalue weighted by Gasteiger charge is 2.30. The zero-order valence-corrected chi connectivity index (χ0v) is 68.2. The highest BCUT2D eigenvalue weighted by Crippen LogP contribution is 2.45. The number of ether oxygens (including phenoxy) is 4. The number of phosphoric acid groups is 2. The third kappa shape index (κ3) is 74.7. The number of carbonyl (C=O) groups is 4. The Labute approximate surface area is 619 Å². The minimum Gasteiger partial charge on any atom is -0.462 e. The first kappa shape index (κ1) is 99.1. The number of aliphatic hydroxyl groups is 1. The second-order valence-corrected chi connectivity index (χ2v) is 33.6. The van der Waals surface area contributed by atoms with Crippen molar-refractivity contribution in [1.82, 2.24) is 0 Å². The summed E-state index contributed by atoms with van der Waals surface area (Å²) in [7, 11) is -9.92. The van der Waals surface area contributed by atoms with Crippen molar-refractivity contribution in [1.29, 1.82) is 0 Å². The van der Waals surface area contributed by atoms with Crippen molar-refractivity contribution in [2.24, 2.45) is 17.8 Å². The molecule has 6 atom stereocenters. The van der Waals surface area contributed by atoms with Crippen LogP contribution in [0.25, 0.3) is 0 Å². The largest absolute Gasteiger partial charge is 0.472 e. The second-order valence-electron chi connectivity index (χ2n) is 30.7. The third-order valence-corrected chi connectivity index (χ3v) is 21.4. The van der Waals surface area contributed by atoms with Gasteiger partial charge in [-0.1, -0.05) is 376 Å². The van der Waals surface area contributed by atoms with E-state index in [0.717, 1.165) is 108 Å². The van der Waals surface area contributed by atoms with Crippen LogP contribution in [0.1, 0.15) is 427 Å². The lowest BCUT2D eigenvalue weighted by Gasteiger charge is -2.21. The molecule has 600 valence electrons. The average molecular weight is 1480 g/mol. The van der Waals surface area contributed by atoms with Crippen LogP contribution in [0.2, 0.25) is 0 Å². The molecule has 0 aliphatic carbocycles. The van der Waals surface area contributed by atoms with Gasteiger partial charge >= 0.3 is 39.5 Å². The Kier molecular flexibility index (Phi) is 70.9. The van der Waals surface area contributed by atoms with Gasteiger partial charge in [0, 0.05) is 25.7 Å². The highest BCUT2D eigenvalue weighted by molar-refractivity contribution is 7.47. The van der Waals surface area contributed by atoms with Gasteiger partial charge in [-0.25, -0.2) is 9.13 Å². The highest BCUT2D eigenvalue weighted by atomic mass is 31.2. The van der Waals surface area contributed by atoms with E-state index in [1.54, 1.807) is 0 Å². The molecule has 0 aliphatic heterocycles. The van der Waals surface area contributed by atoms with Gasteiger partial charge in [-0.15, -0.1) is 0 Å². The van der Waals surface area contributed by atoms with Crippen LogP contribution in [-0.4, -0.2) is 96.7 Å². The van der Waals surface area contributed by atoms with Crippen molar-refractivity contribution in [3.05, 3.63) is 0 Å². The van der Waals surface area contributed by atoms with Crippen molar-refractivity contribution >= 4 is 39.5 Å². The van der Waals surface area contributed by atoms with Gasteiger partial charge in [0.2, 0.25) is 0 Å². The molecule has 0 rings (SSSR count). The Balaban J connectivity index is 5.27. The fourth-order valence-corrected chi connectivity index (χ4v) is 14.2. The van der Waals surface area contributed by atoms with E-state index in [9.17, 15) is 43.2 Å². The predicted octanol–water partition coefficient (Wildman–Crippen LogP) is 24.5. The molecule has 0 heterocycles.